The van der Waals surface area contributed by atoms with Gasteiger partial charge < -0.3 is 4.52 Å². The number of nitrogens with zero attached hydrogens (tertiary/aromatic N) is 3. The second-order valence-corrected chi connectivity index (χ2v) is 8.69. The van der Waals surface area contributed by atoms with Crippen molar-refractivity contribution < 1.29 is 12.9 Å². The Labute approximate surface area is 178 Å². The van der Waals surface area contributed by atoms with E-state index >= 15 is 0 Å². The first-order valence-electron chi connectivity index (χ1n) is 9.02. The zero-order chi connectivity index (χ0) is 21.1. The number of nitrogens with one attached hydrogen (secondary N) is 1. The zero-order valence-corrected chi connectivity index (χ0v) is 17.5. The maximum Gasteiger partial charge on any atom is 0.262 e. The van der Waals surface area contributed by atoms with E-state index in [9.17, 15) is 8.42 Å². The highest BCUT2D eigenvalue weighted by molar-refractivity contribution is 7.92. The summed E-state index contributed by atoms with van der Waals surface area (Å²) >= 11 is 5.99. The van der Waals surface area contributed by atoms with E-state index in [1.807, 2.05) is 12.1 Å². The molecule has 0 aliphatic rings. The number of anilines is 1. The van der Waals surface area contributed by atoms with E-state index in [1.165, 1.54) is 6.07 Å². The Hall–Kier alpha value is -3.23. The highest BCUT2D eigenvalue weighted by atomic mass is 35.5. The van der Waals surface area contributed by atoms with Crippen molar-refractivity contribution >= 4 is 27.3 Å². The molecule has 0 atom stereocenters. The third-order valence-electron chi connectivity index (χ3n) is 4.43. The van der Waals surface area contributed by atoms with Crippen LogP contribution in [0, 0.1) is 6.92 Å². The van der Waals surface area contributed by atoms with Crippen molar-refractivity contribution in [3.05, 3.63) is 89.0 Å². The number of rotatable bonds is 6. The number of para-hydroxylation sites is 1. The highest BCUT2D eigenvalue weighted by Gasteiger charge is 2.20. The van der Waals surface area contributed by atoms with Crippen LogP contribution in [0.5, 0.6) is 0 Å². The normalized spacial score (nSPS) is 11.4. The number of aromatic nitrogens is 3. The van der Waals surface area contributed by atoms with E-state index in [4.69, 9.17) is 16.1 Å². The SMILES string of the molecule is Cc1ccc(Cl)cc1S(=O)(=O)Nc1ccccc1Cc1nc(-c2cccnc2)no1. The summed E-state index contributed by atoms with van der Waals surface area (Å²) < 4.78 is 33.9. The van der Waals surface area contributed by atoms with E-state index in [2.05, 4.69) is 19.8 Å². The quantitative estimate of drug-likeness (QED) is 0.474. The molecule has 0 amide bonds. The Morgan fingerprint density at radius 3 is 2.73 bits per heavy atom. The third-order valence-corrected chi connectivity index (χ3v) is 6.17. The lowest BCUT2D eigenvalue weighted by molar-refractivity contribution is 0.386. The highest BCUT2D eigenvalue weighted by Crippen LogP contribution is 2.26. The fourth-order valence-electron chi connectivity index (χ4n) is 2.94. The van der Waals surface area contributed by atoms with Crippen molar-refractivity contribution in [2.75, 3.05) is 4.72 Å². The monoisotopic (exact) mass is 440 g/mol. The van der Waals surface area contributed by atoms with Crippen LogP contribution in [-0.2, 0) is 16.4 Å². The lowest BCUT2D eigenvalue weighted by Gasteiger charge is -2.13. The number of hydrogen-bond donors (Lipinski definition) is 1. The largest absolute Gasteiger partial charge is 0.339 e. The van der Waals surface area contributed by atoms with Crippen molar-refractivity contribution in [3.63, 3.8) is 0 Å². The predicted octanol–water partition coefficient (Wildman–Crippen LogP) is 4.49. The van der Waals surface area contributed by atoms with Crippen molar-refractivity contribution in [2.24, 2.45) is 0 Å². The Balaban J connectivity index is 1.61. The van der Waals surface area contributed by atoms with Gasteiger partial charge in [-0.1, -0.05) is 41.0 Å². The van der Waals surface area contributed by atoms with E-state index < -0.39 is 10.0 Å². The lowest BCUT2D eigenvalue weighted by atomic mass is 10.1. The molecule has 0 saturated carbocycles. The molecule has 152 valence electrons. The number of sulfonamides is 1. The Morgan fingerprint density at radius 1 is 1.10 bits per heavy atom. The summed E-state index contributed by atoms with van der Waals surface area (Å²) in [5.41, 5.74) is 2.46. The second-order valence-electron chi connectivity index (χ2n) is 6.60. The molecule has 0 fully saturated rings. The molecule has 0 aliphatic heterocycles. The topological polar surface area (TPSA) is 98.0 Å². The Kier molecular flexibility index (Phi) is 5.52. The fraction of sp³-hybridized carbons (Fsp3) is 0.0952. The molecule has 1 N–H and O–H groups in total. The molecule has 0 bridgehead atoms. The van der Waals surface area contributed by atoms with Gasteiger partial charge in [0.1, 0.15) is 0 Å². The molecular weight excluding hydrogens is 424 g/mol. The molecule has 0 unspecified atom stereocenters. The lowest BCUT2D eigenvalue weighted by Crippen LogP contribution is -2.15. The minimum absolute atomic E-state index is 0.126. The molecular formula is C21H17ClN4O3S. The summed E-state index contributed by atoms with van der Waals surface area (Å²) in [5.74, 6) is 0.783. The zero-order valence-electron chi connectivity index (χ0n) is 15.9. The molecule has 2 heterocycles. The van der Waals surface area contributed by atoms with Crippen molar-refractivity contribution in [3.8, 4) is 11.4 Å². The average Bonchev–Trinajstić information content (AvgIpc) is 3.20. The molecule has 9 heteroatoms. The minimum Gasteiger partial charge on any atom is -0.339 e. The van der Waals surface area contributed by atoms with Crippen LogP contribution in [0.2, 0.25) is 5.02 Å². The van der Waals surface area contributed by atoms with E-state index in [-0.39, 0.29) is 11.3 Å². The first-order chi connectivity index (χ1) is 14.4. The van der Waals surface area contributed by atoms with E-state index in [1.54, 1.807) is 55.7 Å². The number of aryl methyl sites for hydroxylation is 1. The summed E-state index contributed by atoms with van der Waals surface area (Å²) in [5, 5.41) is 4.33. The minimum atomic E-state index is -3.83. The molecule has 7 nitrogen and oxygen atoms in total. The number of hydrogen-bond acceptors (Lipinski definition) is 6. The molecule has 30 heavy (non-hydrogen) atoms. The molecule has 4 aromatic rings. The van der Waals surface area contributed by atoms with Gasteiger partial charge in [0.15, 0.2) is 0 Å². The van der Waals surface area contributed by atoms with Crippen LogP contribution >= 0.6 is 11.6 Å². The smallest absolute Gasteiger partial charge is 0.262 e. The van der Waals surface area contributed by atoms with Gasteiger partial charge >= 0.3 is 0 Å². The van der Waals surface area contributed by atoms with Gasteiger partial charge in [0.05, 0.1) is 17.0 Å². The summed E-state index contributed by atoms with van der Waals surface area (Å²) in [4.78, 5) is 8.55. The van der Waals surface area contributed by atoms with Crippen molar-refractivity contribution in [2.45, 2.75) is 18.2 Å². The summed E-state index contributed by atoms with van der Waals surface area (Å²) in [6.07, 6.45) is 3.57. The maximum absolute atomic E-state index is 12.9. The van der Waals surface area contributed by atoms with Crippen LogP contribution in [0.25, 0.3) is 11.4 Å². The standard InChI is InChI=1S/C21H17ClN4O3S/c1-14-8-9-17(22)12-19(14)30(27,28)26-18-7-3-2-5-15(18)11-20-24-21(25-29-20)16-6-4-10-23-13-16/h2-10,12-13,26H,11H2,1H3. The van der Waals surface area contributed by atoms with Gasteiger partial charge in [-0.25, -0.2) is 8.42 Å². The summed E-state index contributed by atoms with van der Waals surface area (Å²) in [6.45, 7) is 1.72. The average molecular weight is 441 g/mol. The predicted molar refractivity (Wildman–Crippen MR) is 114 cm³/mol. The molecule has 0 radical (unpaired) electrons. The molecule has 0 saturated heterocycles. The molecule has 4 rings (SSSR count). The molecule has 0 spiro atoms. The number of pyridine rings is 1. The molecule has 0 aliphatic carbocycles. The third kappa shape index (κ3) is 4.34. The van der Waals surface area contributed by atoms with Gasteiger partial charge in [-0.15, -0.1) is 0 Å². The van der Waals surface area contributed by atoms with Gasteiger partial charge in [-0.2, -0.15) is 4.98 Å². The fourth-order valence-corrected chi connectivity index (χ4v) is 4.55. The van der Waals surface area contributed by atoms with Crippen molar-refractivity contribution in [1.29, 1.82) is 0 Å². The van der Waals surface area contributed by atoms with E-state index in [0.717, 1.165) is 5.56 Å². The van der Waals surface area contributed by atoms with Gasteiger partial charge in [0, 0.05) is 23.0 Å². The van der Waals surface area contributed by atoms with Crippen LogP contribution < -0.4 is 4.72 Å². The van der Waals surface area contributed by atoms with Crippen LogP contribution in [0.15, 0.2) is 76.4 Å². The first kappa shape index (κ1) is 20.1. The number of halogens is 1. The maximum atomic E-state index is 12.9. The van der Waals surface area contributed by atoms with Crippen LogP contribution in [0.4, 0.5) is 5.69 Å². The molecule has 2 aromatic heterocycles. The van der Waals surface area contributed by atoms with Crippen LogP contribution in [0.1, 0.15) is 17.0 Å². The van der Waals surface area contributed by atoms with Crippen LogP contribution in [-0.4, -0.2) is 23.5 Å². The van der Waals surface area contributed by atoms with Gasteiger partial charge in [-0.05, 0) is 48.4 Å². The Bertz CT molecular complexity index is 1290. The first-order valence-corrected chi connectivity index (χ1v) is 10.9. The second kappa shape index (κ2) is 8.25. The Morgan fingerprint density at radius 2 is 1.93 bits per heavy atom. The van der Waals surface area contributed by atoms with Crippen molar-refractivity contribution in [1.82, 2.24) is 15.1 Å². The molecule has 2 aromatic carbocycles. The van der Waals surface area contributed by atoms with Gasteiger partial charge in [-0.3, -0.25) is 9.71 Å². The summed E-state index contributed by atoms with van der Waals surface area (Å²) in [6, 6.07) is 15.4. The van der Waals surface area contributed by atoms with Crippen LogP contribution in [0.3, 0.4) is 0 Å². The van der Waals surface area contributed by atoms with E-state index in [0.29, 0.717) is 33.6 Å². The number of benzene rings is 2. The summed E-state index contributed by atoms with van der Waals surface area (Å²) in [7, 11) is -3.83. The van der Waals surface area contributed by atoms with Gasteiger partial charge in [0.2, 0.25) is 11.7 Å². The van der Waals surface area contributed by atoms with Gasteiger partial charge in [0.25, 0.3) is 10.0 Å².